The Labute approximate surface area is 192 Å². The van der Waals surface area contributed by atoms with Crippen LogP contribution in [0.4, 0.5) is 5.69 Å². The molecule has 5 rings (SSSR count). The molecular formula is C24H28N6O3. The standard InChI is InChI=1S/C24H28N6O3/c1-16(19-13-23(32)25-14-19)33-24-22-7-8-26-30(22)15-21(27-24)18-3-5-20(6-4-18)29-11-9-28(10-12-29)17(2)31/h3-8,15-16,19H,9-14H2,1-2H3,(H,25,32)/t16-,19?/m1/s1. The van der Waals surface area contributed by atoms with Crippen molar-refractivity contribution >= 4 is 23.0 Å². The van der Waals surface area contributed by atoms with Crippen LogP contribution < -0.4 is 15.0 Å². The van der Waals surface area contributed by atoms with Crippen molar-refractivity contribution in [1.82, 2.24) is 24.8 Å². The summed E-state index contributed by atoms with van der Waals surface area (Å²) in [5, 5.41) is 7.25. The fourth-order valence-electron chi connectivity index (χ4n) is 4.48. The molecule has 2 fully saturated rings. The number of amides is 2. The van der Waals surface area contributed by atoms with E-state index in [-0.39, 0.29) is 23.8 Å². The van der Waals surface area contributed by atoms with Crippen molar-refractivity contribution in [2.75, 3.05) is 37.6 Å². The predicted octanol–water partition coefficient (Wildman–Crippen LogP) is 1.97. The van der Waals surface area contributed by atoms with E-state index in [9.17, 15) is 9.59 Å². The molecule has 172 valence electrons. The number of nitrogens with one attached hydrogen (secondary N) is 1. The van der Waals surface area contributed by atoms with Gasteiger partial charge in [0.05, 0.1) is 18.1 Å². The van der Waals surface area contributed by atoms with Crippen molar-refractivity contribution in [3.8, 4) is 17.1 Å². The fraction of sp³-hybridized carbons (Fsp3) is 0.417. The summed E-state index contributed by atoms with van der Waals surface area (Å²) in [4.78, 5) is 32.1. The molecule has 0 bridgehead atoms. The fourth-order valence-corrected chi connectivity index (χ4v) is 4.48. The van der Waals surface area contributed by atoms with Crippen LogP contribution in [-0.2, 0) is 9.59 Å². The molecule has 2 atom stereocenters. The number of carbonyl (C=O) groups excluding carboxylic acids is 2. The maximum Gasteiger partial charge on any atom is 0.240 e. The number of benzene rings is 1. The Morgan fingerprint density at radius 1 is 1.15 bits per heavy atom. The smallest absolute Gasteiger partial charge is 0.240 e. The third kappa shape index (κ3) is 4.35. The third-order valence-corrected chi connectivity index (χ3v) is 6.58. The molecule has 33 heavy (non-hydrogen) atoms. The average Bonchev–Trinajstić information content (AvgIpc) is 3.48. The van der Waals surface area contributed by atoms with Crippen LogP contribution in [0.15, 0.2) is 42.7 Å². The molecule has 1 N–H and O–H groups in total. The molecule has 3 aromatic rings. The monoisotopic (exact) mass is 448 g/mol. The minimum absolute atomic E-state index is 0.0643. The van der Waals surface area contributed by atoms with Gasteiger partial charge in [0.25, 0.3) is 0 Å². The maximum atomic E-state index is 11.6. The lowest BCUT2D eigenvalue weighted by Gasteiger charge is -2.35. The number of hydrogen-bond acceptors (Lipinski definition) is 6. The SMILES string of the molecule is CC(=O)N1CCN(c2ccc(-c3cn4nccc4c(O[C@H](C)C4CNC(=O)C4)n3)cc2)CC1. The summed E-state index contributed by atoms with van der Waals surface area (Å²) in [5.41, 5.74) is 3.66. The normalized spacial score (nSPS) is 19.6. The van der Waals surface area contributed by atoms with Crippen LogP contribution in [0, 0.1) is 5.92 Å². The van der Waals surface area contributed by atoms with E-state index in [1.807, 2.05) is 24.1 Å². The lowest BCUT2D eigenvalue weighted by Crippen LogP contribution is -2.48. The number of ether oxygens (including phenoxy) is 1. The summed E-state index contributed by atoms with van der Waals surface area (Å²) in [6.07, 6.45) is 3.94. The number of fused-ring (bicyclic) bond motifs is 1. The summed E-state index contributed by atoms with van der Waals surface area (Å²) in [5.74, 6) is 0.831. The molecule has 0 radical (unpaired) electrons. The van der Waals surface area contributed by atoms with E-state index in [1.165, 1.54) is 0 Å². The Morgan fingerprint density at radius 3 is 2.58 bits per heavy atom. The summed E-state index contributed by atoms with van der Waals surface area (Å²) in [6.45, 7) is 7.36. The molecular weight excluding hydrogens is 420 g/mol. The van der Waals surface area contributed by atoms with Crippen molar-refractivity contribution in [2.45, 2.75) is 26.4 Å². The average molecular weight is 449 g/mol. The van der Waals surface area contributed by atoms with Crippen molar-refractivity contribution in [3.63, 3.8) is 0 Å². The number of nitrogens with zero attached hydrogens (tertiary/aromatic N) is 5. The molecule has 2 aliphatic rings. The van der Waals surface area contributed by atoms with Gasteiger partial charge in [0.15, 0.2) is 0 Å². The zero-order chi connectivity index (χ0) is 22.9. The Bertz CT molecular complexity index is 1170. The number of anilines is 1. The van der Waals surface area contributed by atoms with Crippen LogP contribution in [0.2, 0.25) is 0 Å². The first-order chi connectivity index (χ1) is 16.0. The number of rotatable bonds is 5. The van der Waals surface area contributed by atoms with Gasteiger partial charge in [0, 0.05) is 63.2 Å². The van der Waals surface area contributed by atoms with E-state index in [2.05, 4.69) is 39.6 Å². The Balaban J connectivity index is 1.35. The third-order valence-electron chi connectivity index (χ3n) is 6.58. The predicted molar refractivity (Wildman–Crippen MR) is 124 cm³/mol. The van der Waals surface area contributed by atoms with Gasteiger partial charge in [-0.1, -0.05) is 12.1 Å². The minimum atomic E-state index is -0.151. The first-order valence-corrected chi connectivity index (χ1v) is 11.4. The number of carbonyl (C=O) groups is 2. The molecule has 1 aromatic carbocycles. The molecule has 2 aliphatic heterocycles. The van der Waals surface area contributed by atoms with Gasteiger partial charge in [-0.15, -0.1) is 0 Å². The van der Waals surface area contributed by atoms with Crippen molar-refractivity contribution in [2.24, 2.45) is 5.92 Å². The highest BCUT2D eigenvalue weighted by Crippen LogP contribution is 2.28. The molecule has 2 aromatic heterocycles. The Morgan fingerprint density at radius 2 is 1.91 bits per heavy atom. The molecule has 0 spiro atoms. The van der Waals surface area contributed by atoms with Gasteiger partial charge in [-0.25, -0.2) is 9.50 Å². The minimum Gasteiger partial charge on any atom is -0.473 e. The Kier molecular flexibility index (Phi) is 5.62. The number of hydrogen-bond donors (Lipinski definition) is 1. The summed E-state index contributed by atoms with van der Waals surface area (Å²) in [6, 6.07) is 10.2. The van der Waals surface area contributed by atoms with Gasteiger partial charge in [0.2, 0.25) is 17.7 Å². The van der Waals surface area contributed by atoms with Crippen molar-refractivity contribution in [1.29, 1.82) is 0 Å². The molecule has 9 heteroatoms. The second kappa shape index (κ2) is 8.73. The zero-order valence-corrected chi connectivity index (χ0v) is 18.9. The van der Waals surface area contributed by atoms with Gasteiger partial charge in [-0.05, 0) is 25.1 Å². The van der Waals surface area contributed by atoms with E-state index in [0.29, 0.717) is 18.8 Å². The molecule has 2 saturated heterocycles. The van der Waals surface area contributed by atoms with E-state index in [1.54, 1.807) is 17.6 Å². The summed E-state index contributed by atoms with van der Waals surface area (Å²) < 4.78 is 8.00. The number of aromatic nitrogens is 3. The van der Waals surface area contributed by atoms with E-state index < -0.39 is 0 Å². The van der Waals surface area contributed by atoms with Crippen LogP contribution >= 0.6 is 0 Å². The lowest BCUT2D eigenvalue weighted by molar-refractivity contribution is -0.129. The van der Waals surface area contributed by atoms with Crippen molar-refractivity contribution in [3.05, 3.63) is 42.7 Å². The van der Waals surface area contributed by atoms with Gasteiger partial charge in [0.1, 0.15) is 11.6 Å². The lowest BCUT2D eigenvalue weighted by atomic mass is 10.0. The first kappa shape index (κ1) is 21.2. The van der Waals surface area contributed by atoms with Gasteiger partial charge < -0.3 is 19.9 Å². The van der Waals surface area contributed by atoms with Gasteiger partial charge in [-0.3, -0.25) is 9.59 Å². The Hall–Kier alpha value is -3.62. The molecule has 0 aliphatic carbocycles. The highest BCUT2D eigenvalue weighted by atomic mass is 16.5. The van der Waals surface area contributed by atoms with E-state index >= 15 is 0 Å². The summed E-state index contributed by atoms with van der Waals surface area (Å²) in [7, 11) is 0. The first-order valence-electron chi connectivity index (χ1n) is 11.4. The topological polar surface area (TPSA) is 92.1 Å². The van der Waals surface area contributed by atoms with Crippen LogP contribution in [0.3, 0.4) is 0 Å². The quantitative estimate of drug-likeness (QED) is 0.642. The molecule has 9 nitrogen and oxygen atoms in total. The van der Waals surface area contributed by atoms with Crippen molar-refractivity contribution < 1.29 is 14.3 Å². The number of piperazine rings is 1. The highest BCUT2D eigenvalue weighted by Gasteiger charge is 2.29. The second-order valence-electron chi connectivity index (χ2n) is 8.72. The van der Waals surface area contributed by atoms with E-state index in [0.717, 1.165) is 48.6 Å². The van der Waals surface area contributed by atoms with Gasteiger partial charge >= 0.3 is 0 Å². The van der Waals surface area contributed by atoms with Gasteiger partial charge in [-0.2, -0.15) is 5.10 Å². The maximum absolute atomic E-state index is 11.6. The van der Waals surface area contributed by atoms with Crippen LogP contribution in [0.5, 0.6) is 5.88 Å². The zero-order valence-electron chi connectivity index (χ0n) is 18.9. The second-order valence-corrected chi connectivity index (χ2v) is 8.72. The van der Waals surface area contributed by atoms with Crippen LogP contribution in [0.25, 0.3) is 16.8 Å². The summed E-state index contributed by atoms with van der Waals surface area (Å²) >= 11 is 0. The molecule has 2 amide bonds. The van der Waals surface area contributed by atoms with E-state index in [4.69, 9.17) is 9.72 Å². The highest BCUT2D eigenvalue weighted by molar-refractivity contribution is 5.78. The molecule has 4 heterocycles. The largest absolute Gasteiger partial charge is 0.473 e. The van der Waals surface area contributed by atoms with Crippen LogP contribution in [-0.4, -0.2) is 70.1 Å². The van der Waals surface area contributed by atoms with Crippen LogP contribution in [0.1, 0.15) is 20.3 Å². The molecule has 1 unspecified atom stereocenters. The molecule has 0 saturated carbocycles.